The van der Waals surface area contributed by atoms with E-state index in [1.54, 1.807) is 17.5 Å². The molecule has 2 aromatic carbocycles. The van der Waals surface area contributed by atoms with Crippen LogP contribution >= 0.6 is 11.8 Å². The number of hydrogen-bond donors (Lipinski definition) is 1. The Bertz CT molecular complexity index is 1220. The average molecular weight is 409 g/mol. The van der Waals surface area contributed by atoms with Gasteiger partial charge in [0.15, 0.2) is 5.16 Å². The summed E-state index contributed by atoms with van der Waals surface area (Å²) in [5.74, 6) is 1.26. The zero-order valence-electron chi connectivity index (χ0n) is 15.7. The van der Waals surface area contributed by atoms with Crippen molar-refractivity contribution in [3.05, 3.63) is 65.0 Å². The van der Waals surface area contributed by atoms with Crippen molar-refractivity contribution in [3.8, 4) is 5.75 Å². The van der Waals surface area contributed by atoms with Crippen LogP contribution in [0.25, 0.3) is 16.7 Å². The number of nitrogens with zero attached hydrogens (tertiary/aromatic N) is 4. The molecule has 9 heteroatoms. The molecule has 0 saturated carbocycles. The molecule has 0 aliphatic rings. The zero-order chi connectivity index (χ0) is 20.2. The van der Waals surface area contributed by atoms with Gasteiger partial charge in [-0.15, -0.1) is 10.2 Å². The summed E-state index contributed by atoms with van der Waals surface area (Å²) in [6.07, 6.45) is 0. The second-order valence-electron chi connectivity index (χ2n) is 6.30. The second-order valence-corrected chi connectivity index (χ2v) is 7.24. The topological polar surface area (TPSA) is 90.5 Å². The van der Waals surface area contributed by atoms with Crippen LogP contribution in [0.5, 0.6) is 5.75 Å². The fourth-order valence-electron chi connectivity index (χ4n) is 2.96. The van der Waals surface area contributed by atoms with E-state index in [9.17, 15) is 9.59 Å². The molecule has 0 unspecified atom stereocenters. The van der Waals surface area contributed by atoms with Crippen molar-refractivity contribution in [1.82, 2.24) is 24.5 Å². The number of para-hydroxylation sites is 2. The summed E-state index contributed by atoms with van der Waals surface area (Å²) in [6.45, 7) is 0.799. The number of rotatable bonds is 7. The molecule has 0 fully saturated rings. The van der Waals surface area contributed by atoms with Crippen LogP contribution in [0.3, 0.4) is 0 Å². The first kappa shape index (κ1) is 19.0. The number of nitrogens with one attached hydrogen (secondary N) is 1. The first-order valence-electron chi connectivity index (χ1n) is 9.05. The molecule has 148 valence electrons. The summed E-state index contributed by atoms with van der Waals surface area (Å²) in [5.41, 5.74) is 0.586. The van der Waals surface area contributed by atoms with E-state index in [0.29, 0.717) is 29.5 Å². The molecule has 0 aliphatic carbocycles. The van der Waals surface area contributed by atoms with Crippen LogP contribution in [0.15, 0.2) is 64.5 Å². The van der Waals surface area contributed by atoms with Crippen molar-refractivity contribution in [2.45, 2.75) is 5.16 Å². The van der Waals surface area contributed by atoms with Gasteiger partial charge in [-0.2, -0.15) is 0 Å². The lowest BCUT2D eigenvalue weighted by molar-refractivity contribution is -0.118. The van der Waals surface area contributed by atoms with Crippen molar-refractivity contribution in [2.75, 3.05) is 18.9 Å². The van der Waals surface area contributed by atoms with Crippen LogP contribution in [0.1, 0.15) is 0 Å². The van der Waals surface area contributed by atoms with E-state index >= 15 is 0 Å². The molecule has 1 amide bonds. The highest BCUT2D eigenvalue weighted by Gasteiger charge is 2.15. The van der Waals surface area contributed by atoms with Gasteiger partial charge >= 0.3 is 0 Å². The number of thioether (sulfide) groups is 1. The SMILES string of the molecule is Cn1c(=O)c2ccccc2n2c(SCC(=O)NCCOc3ccccc3)nnc12. The molecule has 0 atom stereocenters. The Hall–Kier alpha value is -3.33. The Kier molecular flexibility index (Phi) is 5.48. The van der Waals surface area contributed by atoms with E-state index in [2.05, 4.69) is 15.5 Å². The molecule has 0 saturated heterocycles. The van der Waals surface area contributed by atoms with Gasteiger partial charge in [-0.25, -0.2) is 0 Å². The standard InChI is InChI=1S/C20H19N5O3S/c1-24-18(27)15-9-5-6-10-16(15)25-19(24)22-23-20(25)29-13-17(26)21-11-12-28-14-7-3-2-4-8-14/h2-10H,11-13H2,1H3,(H,21,26). The Labute approximate surface area is 170 Å². The van der Waals surface area contributed by atoms with Crippen LogP contribution in [0, 0.1) is 0 Å². The van der Waals surface area contributed by atoms with E-state index < -0.39 is 0 Å². The van der Waals surface area contributed by atoms with Crippen LogP contribution in [0.2, 0.25) is 0 Å². The molecule has 0 bridgehead atoms. The largest absolute Gasteiger partial charge is 0.492 e. The highest BCUT2D eigenvalue weighted by molar-refractivity contribution is 7.99. The van der Waals surface area contributed by atoms with Crippen molar-refractivity contribution in [3.63, 3.8) is 0 Å². The molecule has 29 heavy (non-hydrogen) atoms. The van der Waals surface area contributed by atoms with Crippen molar-refractivity contribution < 1.29 is 9.53 Å². The number of aryl methyl sites for hydroxylation is 1. The van der Waals surface area contributed by atoms with Gasteiger partial charge in [-0.1, -0.05) is 42.1 Å². The molecule has 8 nitrogen and oxygen atoms in total. The monoisotopic (exact) mass is 409 g/mol. The lowest BCUT2D eigenvalue weighted by Crippen LogP contribution is -2.29. The Morgan fingerprint density at radius 1 is 1.10 bits per heavy atom. The van der Waals surface area contributed by atoms with Gasteiger partial charge in [0.2, 0.25) is 11.7 Å². The Morgan fingerprint density at radius 3 is 2.69 bits per heavy atom. The first-order chi connectivity index (χ1) is 14.1. The molecular weight excluding hydrogens is 390 g/mol. The number of amides is 1. The summed E-state index contributed by atoms with van der Waals surface area (Å²) in [5, 5.41) is 12.2. The molecule has 2 heterocycles. The van der Waals surface area contributed by atoms with Gasteiger partial charge in [-0.05, 0) is 24.3 Å². The number of carbonyl (C=O) groups is 1. The van der Waals surface area contributed by atoms with Gasteiger partial charge in [0.1, 0.15) is 12.4 Å². The number of ether oxygens (including phenoxy) is 1. The second kappa shape index (κ2) is 8.36. The third-order valence-electron chi connectivity index (χ3n) is 4.36. The van der Waals surface area contributed by atoms with Gasteiger partial charge in [0, 0.05) is 7.05 Å². The number of aromatic nitrogens is 4. The number of benzene rings is 2. The minimum absolute atomic E-state index is 0.127. The van der Waals surface area contributed by atoms with Crippen molar-refractivity contribution >= 4 is 34.3 Å². The average Bonchev–Trinajstić information content (AvgIpc) is 3.19. The predicted octanol–water partition coefficient (Wildman–Crippen LogP) is 1.87. The molecule has 4 aromatic rings. The quantitative estimate of drug-likeness (QED) is 0.370. The normalized spacial score (nSPS) is 11.1. The third kappa shape index (κ3) is 3.95. The summed E-state index contributed by atoms with van der Waals surface area (Å²) in [6, 6.07) is 16.7. The maximum absolute atomic E-state index is 12.5. The summed E-state index contributed by atoms with van der Waals surface area (Å²) in [4.78, 5) is 24.6. The highest BCUT2D eigenvalue weighted by atomic mass is 32.2. The minimum Gasteiger partial charge on any atom is -0.492 e. The smallest absolute Gasteiger partial charge is 0.262 e. The van der Waals surface area contributed by atoms with E-state index in [1.165, 1.54) is 16.3 Å². The van der Waals surface area contributed by atoms with Gasteiger partial charge in [0.05, 0.1) is 23.2 Å². The van der Waals surface area contributed by atoms with Gasteiger partial charge in [0.25, 0.3) is 5.56 Å². The molecule has 1 N–H and O–H groups in total. The fraction of sp³-hybridized carbons (Fsp3) is 0.200. The molecule has 0 spiro atoms. The Morgan fingerprint density at radius 2 is 1.86 bits per heavy atom. The predicted molar refractivity (Wildman–Crippen MR) is 111 cm³/mol. The lowest BCUT2D eigenvalue weighted by atomic mass is 10.2. The fourth-order valence-corrected chi connectivity index (χ4v) is 3.73. The first-order valence-corrected chi connectivity index (χ1v) is 10.0. The van der Waals surface area contributed by atoms with Gasteiger partial charge in [-0.3, -0.25) is 18.6 Å². The molecular formula is C20H19N5O3S. The molecule has 0 radical (unpaired) electrons. The highest BCUT2D eigenvalue weighted by Crippen LogP contribution is 2.20. The van der Waals surface area contributed by atoms with E-state index in [0.717, 1.165) is 11.3 Å². The van der Waals surface area contributed by atoms with Crippen LogP contribution < -0.4 is 15.6 Å². The summed E-state index contributed by atoms with van der Waals surface area (Å²) >= 11 is 1.27. The van der Waals surface area contributed by atoms with Crippen molar-refractivity contribution in [1.29, 1.82) is 0 Å². The zero-order valence-corrected chi connectivity index (χ0v) is 16.6. The maximum atomic E-state index is 12.5. The van der Waals surface area contributed by atoms with Crippen LogP contribution in [0.4, 0.5) is 0 Å². The van der Waals surface area contributed by atoms with E-state index in [-0.39, 0.29) is 17.2 Å². The third-order valence-corrected chi connectivity index (χ3v) is 5.29. The van der Waals surface area contributed by atoms with Crippen LogP contribution in [-0.4, -0.2) is 44.0 Å². The molecule has 4 rings (SSSR count). The lowest BCUT2D eigenvalue weighted by Gasteiger charge is -2.08. The summed E-state index contributed by atoms with van der Waals surface area (Å²) < 4.78 is 8.81. The Balaban J connectivity index is 1.41. The van der Waals surface area contributed by atoms with Crippen LogP contribution in [-0.2, 0) is 11.8 Å². The number of carbonyl (C=O) groups excluding carboxylic acids is 1. The number of hydrogen-bond acceptors (Lipinski definition) is 6. The maximum Gasteiger partial charge on any atom is 0.262 e. The number of fused-ring (bicyclic) bond motifs is 3. The van der Waals surface area contributed by atoms with Crippen molar-refractivity contribution in [2.24, 2.45) is 7.05 Å². The minimum atomic E-state index is -0.131. The molecule has 2 aromatic heterocycles. The molecule has 0 aliphatic heterocycles. The van der Waals surface area contributed by atoms with E-state index in [4.69, 9.17) is 4.74 Å². The van der Waals surface area contributed by atoms with Gasteiger partial charge < -0.3 is 10.1 Å². The van der Waals surface area contributed by atoms with E-state index in [1.807, 2.05) is 48.5 Å². The summed E-state index contributed by atoms with van der Waals surface area (Å²) in [7, 11) is 1.66.